The Kier molecular flexibility index (Phi) is 4.65. The van der Waals surface area contributed by atoms with Crippen molar-refractivity contribution < 1.29 is 4.79 Å². The Balaban J connectivity index is 0.00000161. The van der Waals surface area contributed by atoms with Gasteiger partial charge in [-0.25, -0.2) is 4.68 Å². The zero-order chi connectivity index (χ0) is 14.0. The number of carbonyl (C=O) groups is 1. The fraction of sp³-hybridized carbons (Fsp3) is 0.333. The number of nitrogens with zero attached hydrogens (tertiary/aromatic N) is 2. The number of amides is 1. The van der Waals surface area contributed by atoms with Gasteiger partial charge in [-0.1, -0.05) is 18.9 Å². The molecular formula is C15H19ClN4O. The zero-order valence-electron chi connectivity index (χ0n) is 11.7. The lowest BCUT2D eigenvalue weighted by atomic mass is 9.98. The van der Waals surface area contributed by atoms with E-state index in [0.717, 1.165) is 37.1 Å². The minimum Gasteiger partial charge on any atom is -0.324 e. The first-order valence-electron chi connectivity index (χ1n) is 6.88. The smallest absolute Gasteiger partial charge is 0.244 e. The van der Waals surface area contributed by atoms with Crippen molar-refractivity contribution in [3.63, 3.8) is 0 Å². The summed E-state index contributed by atoms with van der Waals surface area (Å²) in [5.74, 6) is -0.0902. The molecule has 3 rings (SSSR count). The summed E-state index contributed by atoms with van der Waals surface area (Å²) in [6.07, 6.45) is 7.16. The largest absolute Gasteiger partial charge is 0.324 e. The Morgan fingerprint density at radius 3 is 2.71 bits per heavy atom. The summed E-state index contributed by atoms with van der Waals surface area (Å²) in [5, 5.41) is 7.10. The maximum absolute atomic E-state index is 12.3. The van der Waals surface area contributed by atoms with Crippen molar-refractivity contribution in [3.8, 4) is 5.69 Å². The van der Waals surface area contributed by atoms with Crippen molar-refractivity contribution in [3.05, 3.63) is 42.7 Å². The van der Waals surface area contributed by atoms with Crippen molar-refractivity contribution in [2.45, 2.75) is 31.2 Å². The van der Waals surface area contributed by atoms with Crippen molar-refractivity contribution in [1.29, 1.82) is 0 Å². The third kappa shape index (κ3) is 3.25. The van der Waals surface area contributed by atoms with Gasteiger partial charge in [0.25, 0.3) is 0 Å². The average molecular weight is 307 g/mol. The van der Waals surface area contributed by atoms with E-state index in [1.165, 1.54) is 0 Å². The molecule has 0 bridgehead atoms. The first-order chi connectivity index (χ1) is 9.67. The zero-order valence-corrected chi connectivity index (χ0v) is 12.5. The Morgan fingerprint density at radius 2 is 2.05 bits per heavy atom. The lowest BCUT2D eigenvalue weighted by Crippen LogP contribution is -2.48. The van der Waals surface area contributed by atoms with Crippen LogP contribution in [0.3, 0.4) is 0 Å². The Hall–Kier alpha value is -1.85. The summed E-state index contributed by atoms with van der Waals surface area (Å²) in [5.41, 5.74) is 7.10. The van der Waals surface area contributed by atoms with Crippen LogP contribution in [0.4, 0.5) is 5.69 Å². The highest BCUT2D eigenvalue weighted by atomic mass is 35.5. The van der Waals surface area contributed by atoms with Crippen LogP contribution in [0.1, 0.15) is 25.7 Å². The summed E-state index contributed by atoms with van der Waals surface area (Å²) in [6, 6.07) is 9.45. The van der Waals surface area contributed by atoms with Gasteiger partial charge in [-0.2, -0.15) is 5.10 Å². The highest BCUT2D eigenvalue weighted by molar-refractivity contribution is 5.98. The van der Waals surface area contributed by atoms with Gasteiger partial charge in [0.15, 0.2) is 0 Å². The van der Waals surface area contributed by atoms with E-state index in [1.807, 2.05) is 36.5 Å². The van der Waals surface area contributed by atoms with Gasteiger partial charge in [-0.15, -0.1) is 12.4 Å². The van der Waals surface area contributed by atoms with E-state index in [2.05, 4.69) is 10.4 Å². The number of halogens is 1. The second-order valence-corrected chi connectivity index (χ2v) is 5.32. The number of nitrogens with two attached hydrogens (primary N) is 1. The first kappa shape index (κ1) is 15.5. The second kappa shape index (κ2) is 6.28. The molecule has 1 aromatic carbocycles. The molecule has 1 heterocycles. The average Bonchev–Trinajstić information content (AvgIpc) is 3.11. The van der Waals surface area contributed by atoms with Crippen molar-refractivity contribution >= 4 is 24.0 Å². The number of hydrogen-bond acceptors (Lipinski definition) is 3. The number of hydrogen-bond donors (Lipinski definition) is 2. The normalized spacial score (nSPS) is 16.2. The fourth-order valence-electron chi connectivity index (χ4n) is 2.64. The number of carbonyl (C=O) groups excluding carboxylic acids is 1. The number of anilines is 1. The summed E-state index contributed by atoms with van der Waals surface area (Å²) in [4.78, 5) is 12.3. The van der Waals surface area contributed by atoms with E-state index in [1.54, 1.807) is 10.9 Å². The van der Waals surface area contributed by atoms with Gasteiger partial charge >= 0.3 is 0 Å². The van der Waals surface area contributed by atoms with Crippen LogP contribution in [0.25, 0.3) is 5.69 Å². The monoisotopic (exact) mass is 306 g/mol. The summed E-state index contributed by atoms with van der Waals surface area (Å²) in [6.45, 7) is 0. The summed E-state index contributed by atoms with van der Waals surface area (Å²) in [7, 11) is 0. The number of nitrogens with one attached hydrogen (secondary N) is 1. The summed E-state index contributed by atoms with van der Waals surface area (Å²) < 4.78 is 1.75. The molecule has 0 saturated heterocycles. The molecule has 6 heteroatoms. The predicted octanol–water partition coefficient (Wildman–Crippen LogP) is 2.50. The molecule has 0 radical (unpaired) electrons. The molecule has 1 amide bonds. The molecule has 3 N–H and O–H groups in total. The van der Waals surface area contributed by atoms with E-state index < -0.39 is 5.54 Å². The number of benzene rings is 1. The van der Waals surface area contributed by atoms with Crippen LogP contribution in [0.15, 0.2) is 42.7 Å². The topological polar surface area (TPSA) is 72.9 Å². The molecule has 0 aliphatic heterocycles. The molecule has 112 valence electrons. The van der Waals surface area contributed by atoms with Crippen molar-refractivity contribution in [2.24, 2.45) is 5.73 Å². The second-order valence-electron chi connectivity index (χ2n) is 5.32. The molecule has 1 fully saturated rings. The molecule has 1 aliphatic rings. The maximum atomic E-state index is 12.3. The van der Waals surface area contributed by atoms with E-state index >= 15 is 0 Å². The molecule has 0 unspecified atom stereocenters. The van der Waals surface area contributed by atoms with E-state index in [0.29, 0.717) is 0 Å². The lowest BCUT2D eigenvalue weighted by molar-refractivity contribution is -0.121. The molecule has 0 spiro atoms. The Labute approximate surface area is 129 Å². The van der Waals surface area contributed by atoms with Crippen LogP contribution >= 0.6 is 12.4 Å². The number of rotatable bonds is 3. The fourth-order valence-corrected chi connectivity index (χ4v) is 2.64. The molecule has 5 nitrogen and oxygen atoms in total. The number of aromatic nitrogens is 2. The highest BCUT2D eigenvalue weighted by Crippen LogP contribution is 2.28. The quantitative estimate of drug-likeness (QED) is 0.915. The molecule has 2 aromatic rings. The van der Waals surface area contributed by atoms with Gasteiger partial charge in [0, 0.05) is 18.1 Å². The van der Waals surface area contributed by atoms with Crippen LogP contribution in [-0.2, 0) is 4.79 Å². The predicted molar refractivity (Wildman–Crippen MR) is 84.8 cm³/mol. The molecule has 21 heavy (non-hydrogen) atoms. The van der Waals surface area contributed by atoms with E-state index in [-0.39, 0.29) is 18.3 Å². The van der Waals surface area contributed by atoms with Gasteiger partial charge in [0.05, 0.1) is 11.2 Å². The van der Waals surface area contributed by atoms with Crippen molar-refractivity contribution in [2.75, 3.05) is 5.32 Å². The van der Waals surface area contributed by atoms with Gasteiger partial charge in [0.1, 0.15) is 0 Å². The third-order valence-electron chi connectivity index (χ3n) is 3.82. The minimum atomic E-state index is -0.707. The van der Waals surface area contributed by atoms with Crippen LogP contribution in [-0.4, -0.2) is 21.2 Å². The standard InChI is InChI=1S/C15H18N4O.ClH/c16-15(7-1-2-8-15)14(20)18-12-5-3-6-13(11-12)19-10-4-9-17-19;/h3-6,9-11H,1-2,7-8,16H2,(H,18,20);1H. The Bertz CT molecular complexity index is 606. The van der Waals surface area contributed by atoms with E-state index in [4.69, 9.17) is 5.73 Å². The molecule has 1 saturated carbocycles. The summed E-state index contributed by atoms with van der Waals surface area (Å²) >= 11 is 0. The van der Waals surface area contributed by atoms with Crippen LogP contribution in [0, 0.1) is 0 Å². The third-order valence-corrected chi connectivity index (χ3v) is 3.82. The Morgan fingerprint density at radius 1 is 1.29 bits per heavy atom. The van der Waals surface area contributed by atoms with Crippen LogP contribution in [0.2, 0.25) is 0 Å². The van der Waals surface area contributed by atoms with Crippen molar-refractivity contribution in [1.82, 2.24) is 9.78 Å². The SMILES string of the molecule is Cl.NC1(C(=O)Nc2cccc(-n3cccn3)c2)CCCC1. The first-order valence-corrected chi connectivity index (χ1v) is 6.88. The van der Waals surface area contributed by atoms with Gasteiger partial charge in [-0.3, -0.25) is 4.79 Å². The van der Waals surface area contributed by atoms with Crippen LogP contribution < -0.4 is 11.1 Å². The van der Waals surface area contributed by atoms with E-state index in [9.17, 15) is 4.79 Å². The lowest BCUT2D eigenvalue weighted by Gasteiger charge is -2.22. The van der Waals surface area contributed by atoms with Gasteiger partial charge < -0.3 is 11.1 Å². The minimum absolute atomic E-state index is 0. The highest BCUT2D eigenvalue weighted by Gasteiger charge is 2.36. The van der Waals surface area contributed by atoms with Crippen LogP contribution in [0.5, 0.6) is 0 Å². The maximum Gasteiger partial charge on any atom is 0.244 e. The molecule has 0 atom stereocenters. The van der Waals surface area contributed by atoms with Gasteiger partial charge in [0.2, 0.25) is 5.91 Å². The molecule has 1 aromatic heterocycles. The van der Waals surface area contributed by atoms with Gasteiger partial charge in [-0.05, 0) is 37.1 Å². The molecular weight excluding hydrogens is 288 g/mol. The molecule has 1 aliphatic carbocycles.